The summed E-state index contributed by atoms with van der Waals surface area (Å²) in [5.41, 5.74) is 6.93. The monoisotopic (exact) mass is 732 g/mol. The first-order valence-electron chi connectivity index (χ1n) is 20.8. The summed E-state index contributed by atoms with van der Waals surface area (Å²) < 4.78 is 13.6. The molecule has 6 nitrogen and oxygen atoms in total. The van der Waals surface area contributed by atoms with Gasteiger partial charge in [0.1, 0.15) is 0 Å². The number of aliphatic hydroxyl groups excluding tert-OH is 1. The molecule has 1 amide bonds. The molecule has 4 aromatic rings. The van der Waals surface area contributed by atoms with E-state index in [2.05, 4.69) is 72.6 Å². The van der Waals surface area contributed by atoms with Crippen molar-refractivity contribution < 1.29 is 19.4 Å². The summed E-state index contributed by atoms with van der Waals surface area (Å²) in [4.78, 5) is 15.3. The first-order valence-corrected chi connectivity index (χ1v) is 20.8. The molecule has 54 heavy (non-hydrogen) atoms. The lowest BCUT2D eigenvalue weighted by Crippen LogP contribution is -2.40. The number of ether oxygens (including phenoxy) is 2. The number of unbranched alkanes of at least 4 members (excludes halogenated alkanes) is 10. The summed E-state index contributed by atoms with van der Waals surface area (Å²) in [6.45, 7) is 8.19. The highest BCUT2D eigenvalue weighted by Crippen LogP contribution is 2.39. The average molecular weight is 733 g/mol. The molecule has 3 atom stereocenters. The number of amides is 1. The lowest BCUT2D eigenvalue weighted by atomic mass is 9.98. The molecular weight excluding hydrogens is 669 g/mol. The second kappa shape index (κ2) is 23.2. The Labute approximate surface area is 325 Å². The lowest BCUT2D eigenvalue weighted by molar-refractivity contribution is -0.253. The van der Waals surface area contributed by atoms with Crippen molar-refractivity contribution in [1.29, 1.82) is 0 Å². The van der Waals surface area contributed by atoms with Crippen molar-refractivity contribution in [1.82, 2.24) is 10.2 Å². The van der Waals surface area contributed by atoms with Gasteiger partial charge in [0.2, 0.25) is 0 Å². The highest BCUT2D eigenvalue weighted by molar-refractivity contribution is 5.94. The van der Waals surface area contributed by atoms with Crippen LogP contribution in [0.3, 0.4) is 0 Å². The van der Waals surface area contributed by atoms with Gasteiger partial charge in [0, 0.05) is 30.6 Å². The quantitative estimate of drug-likeness (QED) is 0.0743. The zero-order chi connectivity index (χ0) is 37.8. The van der Waals surface area contributed by atoms with Crippen molar-refractivity contribution in [2.24, 2.45) is 0 Å². The van der Waals surface area contributed by atoms with E-state index in [-0.39, 0.29) is 24.7 Å². The number of carbonyl (C=O) groups excluding carboxylic acids is 1. The van der Waals surface area contributed by atoms with Crippen molar-refractivity contribution in [2.75, 3.05) is 19.6 Å². The van der Waals surface area contributed by atoms with Crippen LogP contribution < -0.4 is 5.32 Å². The molecular formula is C48H64N2O4. The van der Waals surface area contributed by atoms with E-state index in [1.54, 1.807) is 0 Å². The van der Waals surface area contributed by atoms with Crippen LogP contribution in [0.25, 0.3) is 11.1 Å². The topological polar surface area (TPSA) is 71.0 Å². The first kappa shape index (κ1) is 41.4. The summed E-state index contributed by atoms with van der Waals surface area (Å²) in [5.74, 6) is -0.0771. The van der Waals surface area contributed by atoms with E-state index in [4.69, 9.17) is 9.47 Å². The number of hydrogen-bond donors (Lipinski definition) is 2. The normalized spacial score (nSPS) is 17.1. The van der Waals surface area contributed by atoms with Crippen molar-refractivity contribution in [2.45, 2.75) is 129 Å². The minimum atomic E-state index is -0.482. The summed E-state index contributed by atoms with van der Waals surface area (Å²) in [5, 5.41) is 12.7. The first-order chi connectivity index (χ1) is 26.6. The van der Waals surface area contributed by atoms with E-state index in [9.17, 15) is 9.90 Å². The predicted octanol–water partition coefficient (Wildman–Crippen LogP) is 11.3. The average Bonchev–Trinajstić information content (AvgIpc) is 3.22. The van der Waals surface area contributed by atoms with Crippen LogP contribution in [0.2, 0.25) is 0 Å². The van der Waals surface area contributed by atoms with Gasteiger partial charge in [-0.05, 0) is 71.9 Å². The minimum Gasteiger partial charge on any atom is -0.392 e. The van der Waals surface area contributed by atoms with Crippen molar-refractivity contribution >= 4 is 5.91 Å². The van der Waals surface area contributed by atoms with Gasteiger partial charge < -0.3 is 24.8 Å². The predicted molar refractivity (Wildman–Crippen MR) is 221 cm³/mol. The molecule has 0 radical (unpaired) electrons. The van der Waals surface area contributed by atoms with Crippen molar-refractivity contribution in [3.63, 3.8) is 0 Å². The Bertz CT molecular complexity index is 1610. The van der Waals surface area contributed by atoms with Crippen LogP contribution in [0.15, 0.2) is 103 Å². The third kappa shape index (κ3) is 13.5. The minimum absolute atomic E-state index is 0.0313. The fourth-order valence-corrected chi connectivity index (χ4v) is 7.41. The third-order valence-corrected chi connectivity index (χ3v) is 10.7. The molecule has 290 valence electrons. The Kier molecular flexibility index (Phi) is 17.8. The van der Waals surface area contributed by atoms with Crippen molar-refractivity contribution in [3.8, 4) is 11.1 Å². The third-order valence-electron chi connectivity index (χ3n) is 10.7. The van der Waals surface area contributed by atoms with Gasteiger partial charge in [0.05, 0.1) is 18.8 Å². The maximum Gasteiger partial charge on any atom is 0.251 e. The molecule has 4 aromatic carbocycles. The largest absolute Gasteiger partial charge is 0.392 e. The summed E-state index contributed by atoms with van der Waals surface area (Å²) >= 11 is 0. The second-order valence-electron chi connectivity index (χ2n) is 15.1. The van der Waals surface area contributed by atoms with Gasteiger partial charge >= 0.3 is 0 Å². The molecule has 1 aliphatic heterocycles. The molecule has 2 N–H and O–H groups in total. The van der Waals surface area contributed by atoms with Gasteiger partial charge in [0.15, 0.2) is 6.29 Å². The number of aliphatic hydroxyl groups is 1. The molecule has 3 unspecified atom stereocenters. The molecule has 0 aromatic heterocycles. The molecule has 0 aliphatic carbocycles. The maximum atomic E-state index is 12.6. The molecule has 1 saturated heterocycles. The van der Waals surface area contributed by atoms with E-state index in [1.807, 2.05) is 54.6 Å². The van der Waals surface area contributed by atoms with Crippen LogP contribution in [-0.4, -0.2) is 41.7 Å². The number of nitrogens with one attached hydrogen (secondary N) is 1. The molecule has 1 fully saturated rings. The van der Waals surface area contributed by atoms with E-state index in [0.29, 0.717) is 12.1 Å². The van der Waals surface area contributed by atoms with Crippen molar-refractivity contribution in [3.05, 3.63) is 131 Å². The van der Waals surface area contributed by atoms with Gasteiger partial charge in [-0.1, -0.05) is 163 Å². The van der Waals surface area contributed by atoms with Crippen LogP contribution in [-0.2, 0) is 22.6 Å². The Morgan fingerprint density at radius 2 is 1.30 bits per heavy atom. The Balaban J connectivity index is 1.27. The fraction of sp³-hybridized carbons (Fsp3) is 0.479. The Hall–Kier alpha value is -3.81. The van der Waals surface area contributed by atoms with Crippen LogP contribution in [0, 0.1) is 0 Å². The van der Waals surface area contributed by atoms with E-state index >= 15 is 0 Å². The fourth-order valence-electron chi connectivity index (χ4n) is 7.41. The zero-order valence-electron chi connectivity index (χ0n) is 32.9. The zero-order valence-corrected chi connectivity index (χ0v) is 32.9. The smallest absolute Gasteiger partial charge is 0.251 e. The molecule has 0 spiro atoms. The van der Waals surface area contributed by atoms with E-state index < -0.39 is 6.29 Å². The molecule has 0 bridgehead atoms. The highest BCUT2D eigenvalue weighted by atomic mass is 16.7. The summed E-state index contributed by atoms with van der Waals surface area (Å²) in [6.07, 6.45) is 15.9. The number of carbonyl (C=O) groups is 1. The molecule has 5 rings (SSSR count). The molecule has 1 aliphatic rings. The van der Waals surface area contributed by atoms with Gasteiger partial charge in [-0.25, -0.2) is 0 Å². The van der Waals surface area contributed by atoms with Gasteiger partial charge in [-0.2, -0.15) is 0 Å². The van der Waals surface area contributed by atoms with Gasteiger partial charge in [0.25, 0.3) is 5.91 Å². The maximum absolute atomic E-state index is 12.6. The number of hydrogen-bond acceptors (Lipinski definition) is 5. The Morgan fingerprint density at radius 3 is 1.94 bits per heavy atom. The summed E-state index contributed by atoms with van der Waals surface area (Å²) in [7, 11) is 0. The van der Waals surface area contributed by atoms with Gasteiger partial charge in [-0.3, -0.25) is 4.79 Å². The highest BCUT2D eigenvalue weighted by Gasteiger charge is 2.33. The van der Waals surface area contributed by atoms with Crippen LogP contribution in [0.1, 0.15) is 142 Å². The standard InChI is InChI=1S/C48H64N2O4/c1-3-5-7-9-11-16-31-50(32-17-12-10-8-6-4-2)36-45-34-46(41-25-23-38(37-51)24-26-41)54-48(53-45)43-29-27-40(28-30-43)44-22-18-19-39(33-44)35-49-47(52)42-20-14-13-15-21-42/h13-15,18-30,33,45-46,48,51H,3-12,16-17,31-32,34-37H2,1-2H3,(H,49,52). The number of nitrogens with zero attached hydrogens (tertiary/aromatic N) is 1. The van der Waals surface area contributed by atoms with Gasteiger partial charge in [-0.15, -0.1) is 0 Å². The molecule has 0 saturated carbocycles. The summed E-state index contributed by atoms with van der Waals surface area (Å²) in [6, 6.07) is 34.4. The van der Waals surface area contributed by atoms with Crippen LogP contribution in [0.4, 0.5) is 0 Å². The molecule has 6 heteroatoms. The van der Waals surface area contributed by atoms with Crippen LogP contribution in [0.5, 0.6) is 0 Å². The van der Waals surface area contributed by atoms with E-state index in [1.165, 1.54) is 77.0 Å². The lowest BCUT2D eigenvalue weighted by Gasteiger charge is -2.38. The number of rotatable bonds is 23. The SMILES string of the molecule is CCCCCCCCN(CCCCCCCC)CC1CC(c2ccc(CO)cc2)OC(c2ccc(-c3cccc(CNC(=O)c4ccccc4)c3)cc2)O1. The second-order valence-corrected chi connectivity index (χ2v) is 15.1. The molecule has 1 heterocycles. The Morgan fingerprint density at radius 1 is 0.667 bits per heavy atom. The number of benzene rings is 4. The van der Waals surface area contributed by atoms with E-state index in [0.717, 1.165) is 59.4 Å². The van der Waals surface area contributed by atoms with Crippen LogP contribution >= 0.6 is 0 Å².